The van der Waals surface area contributed by atoms with E-state index in [-0.39, 0.29) is 5.60 Å². The molecule has 146 valence electrons. The maximum Gasteiger partial charge on any atom is 0.199 e. The van der Waals surface area contributed by atoms with Gasteiger partial charge < -0.3 is 4.74 Å². The molecule has 0 spiro atoms. The molecule has 2 rings (SSSR count). The summed E-state index contributed by atoms with van der Waals surface area (Å²) in [6, 6.07) is 1.49. The molecule has 3 heteroatoms. The van der Waals surface area contributed by atoms with E-state index < -0.39 is 5.83 Å². The highest BCUT2D eigenvalue weighted by Crippen LogP contribution is 2.45. The molecule has 2 aliphatic rings. The molecule has 0 aromatic heterocycles. The lowest BCUT2D eigenvalue weighted by Gasteiger charge is -2.43. The van der Waals surface area contributed by atoms with Crippen LogP contribution in [0.1, 0.15) is 84.0 Å². The molecule has 2 saturated carbocycles. The van der Waals surface area contributed by atoms with Crippen LogP contribution in [-0.4, -0.2) is 12.7 Å². The van der Waals surface area contributed by atoms with Crippen molar-refractivity contribution in [2.45, 2.75) is 89.6 Å². The summed E-state index contributed by atoms with van der Waals surface area (Å²) in [5, 5.41) is 8.40. The van der Waals surface area contributed by atoms with Gasteiger partial charge in [-0.25, -0.2) is 0 Å². The second-order valence-electron chi connectivity index (χ2n) is 8.39. The lowest BCUT2D eigenvalue weighted by molar-refractivity contribution is -0.0618. The van der Waals surface area contributed by atoms with Crippen molar-refractivity contribution in [2.75, 3.05) is 7.11 Å². The van der Waals surface area contributed by atoms with Crippen molar-refractivity contribution in [2.24, 2.45) is 17.8 Å². The van der Waals surface area contributed by atoms with Crippen molar-refractivity contribution in [1.82, 2.24) is 0 Å². The van der Waals surface area contributed by atoms with E-state index >= 15 is 0 Å². The summed E-state index contributed by atoms with van der Waals surface area (Å²) >= 11 is 0. The van der Waals surface area contributed by atoms with Gasteiger partial charge in [0.25, 0.3) is 0 Å². The molecule has 2 fully saturated rings. The fourth-order valence-corrected chi connectivity index (χ4v) is 5.18. The third-order valence-corrected chi connectivity index (χ3v) is 6.88. The monoisotopic (exact) mass is 361 g/mol. The van der Waals surface area contributed by atoms with Crippen molar-refractivity contribution >= 4 is 0 Å². The van der Waals surface area contributed by atoms with Crippen molar-refractivity contribution in [3.8, 4) is 6.07 Å². The fraction of sp³-hybridized carbons (Fsp3) is 0.783. The van der Waals surface area contributed by atoms with Gasteiger partial charge in [0.15, 0.2) is 5.83 Å². The van der Waals surface area contributed by atoms with Crippen molar-refractivity contribution in [1.29, 1.82) is 5.26 Å². The van der Waals surface area contributed by atoms with Crippen molar-refractivity contribution in [3.63, 3.8) is 0 Å². The van der Waals surface area contributed by atoms with Gasteiger partial charge in [-0.3, -0.25) is 0 Å². The molecule has 0 aromatic carbocycles. The SMILES string of the molecule is CCCC1CCC(C2CCC(CCC=CC=C(F)C#N)(OC)CC2)CC1. The van der Waals surface area contributed by atoms with Crippen LogP contribution in [-0.2, 0) is 4.74 Å². The maximum atomic E-state index is 12.8. The lowest BCUT2D eigenvalue weighted by atomic mass is 9.67. The van der Waals surface area contributed by atoms with Gasteiger partial charge in [0.1, 0.15) is 6.07 Å². The number of nitrogens with zero attached hydrogens (tertiary/aromatic N) is 1. The van der Waals surface area contributed by atoms with Gasteiger partial charge >= 0.3 is 0 Å². The van der Waals surface area contributed by atoms with Crippen LogP contribution in [0, 0.1) is 29.1 Å². The third kappa shape index (κ3) is 6.23. The normalized spacial score (nSPS) is 33.3. The molecule has 0 atom stereocenters. The smallest absolute Gasteiger partial charge is 0.199 e. The molecule has 2 nitrogen and oxygen atoms in total. The Kier molecular flexibility index (Phi) is 8.85. The highest BCUT2D eigenvalue weighted by atomic mass is 19.1. The predicted octanol–water partition coefficient (Wildman–Crippen LogP) is 6.88. The van der Waals surface area contributed by atoms with Gasteiger partial charge in [0.2, 0.25) is 0 Å². The summed E-state index contributed by atoms with van der Waals surface area (Å²) in [4.78, 5) is 0. The van der Waals surface area contributed by atoms with Crippen molar-refractivity contribution in [3.05, 3.63) is 24.1 Å². The molecule has 0 unspecified atom stereocenters. The zero-order valence-corrected chi connectivity index (χ0v) is 16.7. The third-order valence-electron chi connectivity index (χ3n) is 6.88. The quantitative estimate of drug-likeness (QED) is 0.348. The molecule has 2 aliphatic carbocycles. The lowest BCUT2D eigenvalue weighted by Crippen LogP contribution is -2.38. The number of hydrogen-bond acceptors (Lipinski definition) is 2. The van der Waals surface area contributed by atoms with E-state index in [1.165, 1.54) is 63.5 Å². The zero-order valence-electron chi connectivity index (χ0n) is 16.7. The number of hydrogen-bond donors (Lipinski definition) is 0. The van der Waals surface area contributed by atoms with Gasteiger partial charge in [0, 0.05) is 7.11 Å². The molecular formula is C23H36FNO. The van der Waals surface area contributed by atoms with Crippen LogP contribution in [0.3, 0.4) is 0 Å². The van der Waals surface area contributed by atoms with E-state index in [9.17, 15) is 4.39 Å². The summed E-state index contributed by atoms with van der Waals surface area (Å²) in [5.74, 6) is 2.09. The second kappa shape index (κ2) is 10.9. The Labute approximate surface area is 159 Å². The summed E-state index contributed by atoms with van der Waals surface area (Å²) in [5.41, 5.74) is -0.00224. The minimum Gasteiger partial charge on any atom is -0.378 e. The predicted molar refractivity (Wildman–Crippen MR) is 105 cm³/mol. The first kappa shape index (κ1) is 21.2. The molecule has 0 saturated heterocycles. The zero-order chi connectivity index (χ0) is 18.8. The standard InChI is InChI=1S/C23H36FNO/c1-3-7-19-9-11-20(12-10-19)21-13-16-23(26-2,17-14-21)15-6-4-5-8-22(24)18-25/h4-5,8,19-21H,3,6-7,9-17H2,1-2H3. The molecular weight excluding hydrogens is 325 g/mol. The number of ether oxygens (including phenoxy) is 1. The number of methoxy groups -OCH3 is 1. The van der Waals surface area contributed by atoms with Crippen LogP contribution in [0.2, 0.25) is 0 Å². The van der Waals surface area contributed by atoms with E-state index in [1.807, 2.05) is 13.2 Å². The Bertz CT molecular complexity index is 503. The van der Waals surface area contributed by atoms with Crippen LogP contribution in [0.25, 0.3) is 0 Å². The van der Waals surface area contributed by atoms with E-state index in [0.717, 1.165) is 43.4 Å². The highest BCUT2D eigenvalue weighted by Gasteiger charge is 2.37. The van der Waals surface area contributed by atoms with E-state index in [1.54, 1.807) is 6.08 Å². The maximum absolute atomic E-state index is 12.8. The van der Waals surface area contributed by atoms with Gasteiger partial charge in [-0.05, 0) is 75.2 Å². The molecule has 0 aliphatic heterocycles. The first-order valence-corrected chi connectivity index (χ1v) is 10.6. The number of allylic oxidation sites excluding steroid dienone is 4. The highest BCUT2D eigenvalue weighted by molar-refractivity contribution is 5.18. The summed E-state index contributed by atoms with van der Waals surface area (Å²) in [6.07, 6.45) is 20.1. The van der Waals surface area contributed by atoms with Crippen molar-refractivity contribution < 1.29 is 9.13 Å². The van der Waals surface area contributed by atoms with E-state index in [4.69, 9.17) is 10.00 Å². The van der Waals surface area contributed by atoms with E-state index in [2.05, 4.69) is 6.92 Å². The summed E-state index contributed by atoms with van der Waals surface area (Å²) < 4.78 is 18.7. The average molecular weight is 362 g/mol. The second-order valence-corrected chi connectivity index (χ2v) is 8.39. The largest absolute Gasteiger partial charge is 0.378 e. The first-order valence-electron chi connectivity index (χ1n) is 10.6. The Morgan fingerprint density at radius 2 is 1.81 bits per heavy atom. The molecule has 0 heterocycles. The summed E-state index contributed by atoms with van der Waals surface area (Å²) in [7, 11) is 1.84. The van der Waals surface area contributed by atoms with Gasteiger partial charge in [-0.1, -0.05) is 44.8 Å². The number of halogens is 1. The minimum absolute atomic E-state index is 0.00224. The van der Waals surface area contributed by atoms with Crippen LogP contribution < -0.4 is 0 Å². The fourth-order valence-electron chi connectivity index (χ4n) is 5.18. The van der Waals surface area contributed by atoms with E-state index in [0.29, 0.717) is 0 Å². The molecule has 26 heavy (non-hydrogen) atoms. The number of rotatable bonds is 8. The van der Waals surface area contributed by atoms with Crippen LogP contribution in [0.15, 0.2) is 24.1 Å². The average Bonchev–Trinajstić information content (AvgIpc) is 2.69. The van der Waals surface area contributed by atoms with Gasteiger partial charge in [0.05, 0.1) is 5.60 Å². The van der Waals surface area contributed by atoms with Crippen LogP contribution >= 0.6 is 0 Å². The Morgan fingerprint density at radius 1 is 1.15 bits per heavy atom. The molecule has 0 aromatic rings. The Morgan fingerprint density at radius 3 is 2.38 bits per heavy atom. The molecule has 0 bridgehead atoms. The summed E-state index contributed by atoms with van der Waals surface area (Å²) in [6.45, 7) is 2.31. The molecule has 0 N–H and O–H groups in total. The number of nitriles is 1. The molecule has 0 radical (unpaired) electrons. The molecule has 0 amide bonds. The topological polar surface area (TPSA) is 33.0 Å². The Balaban J connectivity index is 1.75. The first-order chi connectivity index (χ1) is 12.6. The van der Waals surface area contributed by atoms with Crippen LogP contribution in [0.5, 0.6) is 0 Å². The van der Waals surface area contributed by atoms with Crippen LogP contribution in [0.4, 0.5) is 4.39 Å². The minimum atomic E-state index is -0.739. The van der Waals surface area contributed by atoms with Gasteiger partial charge in [-0.2, -0.15) is 9.65 Å². The Hall–Kier alpha value is -1.14. The van der Waals surface area contributed by atoms with Gasteiger partial charge in [-0.15, -0.1) is 0 Å².